The molecular formula is C11H12N2S. The van der Waals surface area contributed by atoms with Gasteiger partial charge in [-0.3, -0.25) is 5.84 Å². The van der Waals surface area contributed by atoms with E-state index >= 15 is 0 Å². The molecule has 0 aliphatic rings. The highest BCUT2D eigenvalue weighted by molar-refractivity contribution is 7.13. The molecule has 0 bridgehead atoms. The van der Waals surface area contributed by atoms with Gasteiger partial charge in [-0.25, -0.2) is 0 Å². The van der Waals surface area contributed by atoms with Crippen molar-refractivity contribution in [3.8, 4) is 10.4 Å². The minimum absolute atomic E-state index is 0.982. The Morgan fingerprint density at radius 3 is 2.79 bits per heavy atom. The maximum absolute atomic E-state index is 5.43. The fraction of sp³-hybridized carbons (Fsp3) is 0.0909. The third kappa shape index (κ3) is 1.64. The van der Waals surface area contributed by atoms with Gasteiger partial charge in [0, 0.05) is 4.88 Å². The first-order valence-corrected chi connectivity index (χ1v) is 5.30. The van der Waals surface area contributed by atoms with Crippen LogP contribution in [-0.4, -0.2) is 0 Å². The number of hydrogen-bond acceptors (Lipinski definition) is 3. The Bertz CT molecular complexity index is 421. The summed E-state index contributed by atoms with van der Waals surface area (Å²) in [6.07, 6.45) is 0. The molecule has 3 N–H and O–H groups in total. The molecule has 0 radical (unpaired) electrons. The largest absolute Gasteiger partial charge is 0.324 e. The first kappa shape index (κ1) is 9.24. The molecule has 0 amide bonds. The number of nitrogen functional groups attached to an aromatic ring is 1. The monoisotopic (exact) mass is 204 g/mol. The number of nitrogens with two attached hydrogens (primary N) is 1. The fourth-order valence-corrected chi connectivity index (χ4v) is 2.10. The maximum atomic E-state index is 5.43. The van der Waals surface area contributed by atoms with Crippen LogP contribution in [0.4, 0.5) is 5.69 Å². The van der Waals surface area contributed by atoms with Gasteiger partial charge in [-0.15, -0.1) is 11.3 Å². The Balaban J connectivity index is 2.46. The standard InChI is InChI=1S/C11H12N2S/c1-8-4-5-9(7-10(8)13-12)11-3-2-6-14-11/h2-7,13H,12H2,1H3. The molecule has 0 fully saturated rings. The van der Waals surface area contributed by atoms with Gasteiger partial charge < -0.3 is 5.43 Å². The minimum Gasteiger partial charge on any atom is -0.324 e. The second kappa shape index (κ2) is 3.82. The predicted octanol–water partition coefficient (Wildman–Crippen LogP) is 3.01. The van der Waals surface area contributed by atoms with Crippen molar-refractivity contribution in [2.24, 2.45) is 5.84 Å². The summed E-state index contributed by atoms with van der Waals surface area (Å²) in [5.74, 6) is 5.43. The molecule has 1 heterocycles. The molecule has 2 aromatic rings. The highest BCUT2D eigenvalue weighted by atomic mass is 32.1. The number of thiophene rings is 1. The third-order valence-electron chi connectivity index (χ3n) is 2.20. The number of aryl methyl sites for hydroxylation is 1. The van der Waals surface area contributed by atoms with E-state index in [0.29, 0.717) is 0 Å². The Morgan fingerprint density at radius 1 is 1.29 bits per heavy atom. The molecule has 1 aromatic heterocycles. The molecule has 3 heteroatoms. The summed E-state index contributed by atoms with van der Waals surface area (Å²) in [7, 11) is 0. The number of hydrazine groups is 1. The quantitative estimate of drug-likeness (QED) is 0.583. The van der Waals surface area contributed by atoms with Gasteiger partial charge in [-0.05, 0) is 35.6 Å². The zero-order chi connectivity index (χ0) is 9.97. The van der Waals surface area contributed by atoms with Gasteiger partial charge in [0.05, 0.1) is 5.69 Å². The number of hydrogen-bond donors (Lipinski definition) is 2. The molecular weight excluding hydrogens is 192 g/mol. The lowest BCUT2D eigenvalue weighted by Crippen LogP contribution is -2.07. The SMILES string of the molecule is Cc1ccc(-c2cccs2)cc1NN. The van der Waals surface area contributed by atoms with Crippen LogP contribution < -0.4 is 11.3 Å². The van der Waals surface area contributed by atoms with Crippen LogP contribution in [0, 0.1) is 6.92 Å². The maximum Gasteiger partial charge on any atom is 0.0520 e. The smallest absolute Gasteiger partial charge is 0.0520 e. The van der Waals surface area contributed by atoms with E-state index in [1.54, 1.807) is 11.3 Å². The van der Waals surface area contributed by atoms with Crippen LogP contribution in [0.25, 0.3) is 10.4 Å². The lowest BCUT2D eigenvalue weighted by atomic mass is 10.1. The van der Waals surface area contributed by atoms with Crippen molar-refractivity contribution in [2.45, 2.75) is 6.92 Å². The molecule has 72 valence electrons. The van der Waals surface area contributed by atoms with Gasteiger partial charge in [0.2, 0.25) is 0 Å². The topological polar surface area (TPSA) is 38.0 Å². The molecule has 0 saturated heterocycles. The molecule has 0 saturated carbocycles. The third-order valence-corrected chi connectivity index (χ3v) is 3.12. The van der Waals surface area contributed by atoms with Gasteiger partial charge in [0.1, 0.15) is 0 Å². The van der Waals surface area contributed by atoms with Gasteiger partial charge in [0.15, 0.2) is 0 Å². The number of benzene rings is 1. The zero-order valence-electron chi connectivity index (χ0n) is 7.95. The number of nitrogens with one attached hydrogen (secondary N) is 1. The fourth-order valence-electron chi connectivity index (χ4n) is 1.37. The highest BCUT2D eigenvalue weighted by Crippen LogP contribution is 2.28. The van der Waals surface area contributed by atoms with Crippen molar-refractivity contribution in [3.05, 3.63) is 41.3 Å². The van der Waals surface area contributed by atoms with Crippen LogP contribution in [0.5, 0.6) is 0 Å². The minimum atomic E-state index is 0.982. The Labute approximate surface area is 87.4 Å². The molecule has 14 heavy (non-hydrogen) atoms. The Hall–Kier alpha value is -1.32. The normalized spacial score (nSPS) is 10.1. The molecule has 0 unspecified atom stereocenters. The van der Waals surface area contributed by atoms with Crippen molar-refractivity contribution < 1.29 is 0 Å². The van der Waals surface area contributed by atoms with Crippen molar-refractivity contribution in [1.29, 1.82) is 0 Å². The van der Waals surface area contributed by atoms with E-state index in [4.69, 9.17) is 5.84 Å². The van der Waals surface area contributed by atoms with Crippen molar-refractivity contribution in [1.82, 2.24) is 0 Å². The van der Waals surface area contributed by atoms with Crippen LogP contribution >= 0.6 is 11.3 Å². The second-order valence-corrected chi connectivity index (χ2v) is 4.10. The number of rotatable bonds is 2. The van der Waals surface area contributed by atoms with Crippen molar-refractivity contribution in [3.63, 3.8) is 0 Å². The van der Waals surface area contributed by atoms with Crippen LogP contribution in [-0.2, 0) is 0 Å². The van der Waals surface area contributed by atoms with Crippen LogP contribution in [0.1, 0.15) is 5.56 Å². The highest BCUT2D eigenvalue weighted by Gasteiger charge is 2.01. The summed E-state index contributed by atoms with van der Waals surface area (Å²) in [4.78, 5) is 1.27. The molecule has 0 aliphatic carbocycles. The second-order valence-electron chi connectivity index (χ2n) is 3.15. The summed E-state index contributed by atoms with van der Waals surface area (Å²) in [6, 6.07) is 10.4. The predicted molar refractivity (Wildman–Crippen MR) is 62.3 cm³/mol. The van der Waals surface area contributed by atoms with E-state index in [9.17, 15) is 0 Å². The van der Waals surface area contributed by atoms with Gasteiger partial charge in [-0.1, -0.05) is 18.2 Å². The van der Waals surface area contributed by atoms with Crippen LogP contribution in [0.15, 0.2) is 35.7 Å². The Kier molecular flexibility index (Phi) is 2.52. The first-order chi connectivity index (χ1) is 6.81. The van der Waals surface area contributed by atoms with E-state index < -0.39 is 0 Å². The molecule has 1 aromatic carbocycles. The summed E-state index contributed by atoms with van der Waals surface area (Å²) < 4.78 is 0. The summed E-state index contributed by atoms with van der Waals surface area (Å²) in [6.45, 7) is 2.04. The molecule has 2 nitrogen and oxygen atoms in total. The average Bonchev–Trinajstić information content (AvgIpc) is 2.71. The lowest BCUT2D eigenvalue weighted by molar-refractivity contribution is 1.31. The first-order valence-electron chi connectivity index (χ1n) is 4.42. The molecule has 2 rings (SSSR count). The average molecular weight is 204 g/mol. The lowest BCUT2D eigenvalue weighted by Gasteiger charge is -2.06. The van der Waals surface area contributed by atoms with Gasteiger partial charge in [-0.2, -0.15) is 0 Å². The molecule has 0 spiro atoms. The zero-order valence-corrected chi connectivity index (χ0v) is 8.77. The van der Waals surface area contributed by atoms with E-state index in [1.807, 2.05) is 6.92 Å². The summed E-state index contributed by atoms with van der Waals surface area (Å²) in [5.41, 5.74) is 6.05. The van der Waals surface area contributed by atoms with Crippen molar-refractivity contribution in [2.75, 3.05) is 5.43 Å². The van der Waals surface area contributed by atoms with Crippen molar-refractivity contribution >= 4 is 17.0 Å². The van der Waals surface area contributed by atoms with E-state index in [-0.39, 0.29) is 0 Å². The summed E-state index contributed by atoms with van der Waals surface area (Å²) >= 11 is 1.73. The number of anilines is 1. The van der Waals surface area contributed by atoms with Crippen LogP contribution in [0.2, 0.25) is 0 Å². The van der Waals surface area contributed by atoms with Gasteiger partial charge >= 0.3 is 0 Å². The molecule has 0 atom stereocenters. The van der Waals surface area contributed by atoms with E-state index in [2.05, 4.69) is 41.1 Å². The van der Waals surface area contributed by atoms with Crippen LogP contribution in [0.3, 0.4) is 0 Å². The van der Waals surface area contributed by atoms with E-state index in [1.165, 1.54) is 10.4 Å². The summed E-state index contributed by atoms with van der Waals surface area (Å²) in [5, 5.41) is 2.07. The van der Waals surface area contributed by atoms with Gasteiger partial charge in [0.25, 0.3) is 0 Å². The molecule has 0 aliphatic heterocycles. The Morgan fingerprint density at radius 2 is 2.14 bits per heavy atom. The van der Waals surface area contributed by atoms with E-state index in [0.717, 1.165) is 11.3 Å².